The van der Waals surface area contributed by atoms with Crippen molar-refractivity contribution >= 4 is 26.7 Å². The maximum atomic E-state index is 10.1. The number of carbonyl (C=O) groups is 1. The van der Waals surface area contributed by atoms with E-state index in [2.05, 4.69) is 34.5 Å². The monoisotopic (exact) mass is 647 g/mol. The molecular formula is C27H55NNa2O9S2. The van der Waals surface area contributed by atoms with Crippen LogP contribution in [0.1, 0.15) is 142 Å². The van der Waals surface area contributed by atoms with Crippen LogP contribution >= 0.6 is 0 Å². The number of hydrogen-bond acceptors (Lipinski definition) is 9. The predicted molar refractivity (Wildman–Crippen MR) is 154 cm³/mol. The van der Waals surface area contributed by atoms with Crippen LogP contribution < -0.4 is 64.8 Å². The third kappa shape index (κ3) is 64.9. The maximum Gasteiger partial charge on any atom is 1.00 e. The van der Waals surface area contributed by atoms with Crippen molar-refractivity contribution in [1.82, 2.24) is 0 Å². The van der Waals surface area contributed by atoms with Crippen molar-refractivity contribution in [3.63, 3.8) is 0 Å². The Bertz CT molecular complexity index is 700. The molecule has 0 aromatic heterocycles. The van der Waals surface area contributed by atoms with Gasteiger partial charge in [-0.1, -0.05) is 136 Å². The molecule has 0 aliphatic rings. The Labute approximate surface area is 296 Å². The first kappa shape index (κ1) is 51.5. The minimum Gasteiger partial charge on any atom is -0.726 e. The minimum atomic E-state index is -4.48. The predicted octanol–water partition coefficient (Wildman–Crippen LogP) is 0.434. The molecule has 0 aromatic carbocycles. The Balaban J connectivity index is -0.000000173. The van der Waals surface area contributed by atoms with Crippen molar-refractivity contribution in [1.29, 1.82) is 0 Å². The van der Waals surface area contributed by atoms with Crippen LogP contribution in [0.3, 0.4) is 0 Å². The summed E-state index contributed by atoms with van der Waals surface area (Å²) in [6.45, 7) is 7.57. The number of nitrogens with two attached hydrogens (primary N) is 1. The van der Waals surface area contributed by atoms with Gasteiger partial charge in [-0.2, -0.15) is 0 Å². The molecule has 0 atom stereocenters. The number of rotatable bonds is 25. The van der Waals surface area contributed by atoms with Crippen LogP contribution in [0, 0.1) is 0 Å². The summed E-state index contributed by atoms with van der Waals surface area (Å²) in [5.74, 6) is -0.481. The number of amides is 1. The molecule has 0 aliphatic carbocycles. The molecule has 0 bridgehead atoms. The number of unbranched alkanes of at least 4 members (excludes halogenated alkanes) is 18. The Morgan fingerprint density at radius 2 is 0.780 bits per heavy atom. The van der Waals surface area contributed by atoms with E-state index >= 15 is 0 Å². The van der Waals surface area contributed by atoms with E-state index in [-0.39, 0.29) is 72.3 Å². The van der Waals surface area contributed by atoms with Gasteiger partial charge in [0.05, 0.1) is 13.2 Å². The molecule has 2 N–H and O–H groups in total. The van der Waals surface area contributed by atoms with Crippen LogP contribution in [-0.4, -0.2) is 45.1 Å². The standard InChI is InChI=1S/2C12H26O4S.C3H5NO.2Na/c2*1-2-3-4-5-6-7-8-9-10-11-12-16-17(13,14)15;1-2-3(4)5;;/h2*2-12H2,1H3,(H,13,14,15);2H,1H2,(H2,4,5);;/q;;;2*+1/p-2. The zero-order valence-electron chi connectivity index (χ0n) is 26.4. The topological polar surface area (TPSA) is 176 Å². The summed E-state index contributed by atoms with van der Waals surface area (Å²) in [5, 5.41) is 0. The molecular weight excluding hydrogens is 592 g/mol. The zero-order valence-corrected chi connectivity index (χ0v) is 32.0. The Kier molecular flexibility index (Phi) is 49.0. The van der Waals surface area contributed by atoms with E-state index in [1.165, 1.54) is 89.9 Å². The maximum absolute atomic E-state index is 10.1. The minimum absolute atomic E-state index is 0. The molecule has 10 nitrogen and oxygen atoms in total. The van der Waals surface area contributed by atoms with Crippen LogP contribution in [0.4, 0.5) is 0 Å². The van der Waals surface area contributed by atoms with Gasteiger partial charge in [0.15, 0.2) is 0 Å². The fourth-order valence-corrected chi connectivity index (χ4v) is 4.14. The van der Waals surface area contributed by atoms with E-state index < -0.39 is 26.7 Å². The largest absolute Gasteiger partial charge is 1.00 e. The van der Waals surface area contributed by atoms with E-state index in [1.807, 2.05) is 0 Å². The van der Waals surface area contributed by atoms with Crippen molar-refractivity contribution in [2.75, 3.05) is 13.2 Å². The van der Waals surface area contributed by atoms with Crippen molar-refractivity contribution in [3.8, 4) is 0 Å². The third-order valence-corrected chi connectivity index (χ3v) is 6.56. The molecule has 0 rings (SSSR count). The molecule has 0 fully saturated rings. The average Bonchev–Trinajstić information content (AvgIpc) is 2.85. The first-order valence-electron chi connectivity index (χ1n) is 14.5. The van der Waals surface area contributed by atoms with Crippen LogP contribution in [0.25, 0.3) is 0 Å². The van der Waals surface area contributed by atoms with E-state index in [9.17, 15) is 30.7 Å². The van der Waals surface area contributed by atoms with Gasteiger partial charge in [0, 0.05) is 0 Å². The van der Waals surface area contributed by atoms with Gasteiger partial charge in [-0.15, -0.1) is 0 Å². The fourth-order valence-electron chi connectivity index (χ4n) is 3.50. The molecule has 0 aliphatic heterocycles. The van der Waals surface area contributed by atoms with Crippen molar-refractivity contribution in [2.24, 2.45) is 5.73 Å². The Morgan fingerprint density at radius 3 is 0.951 bits per heavy atom. The summed E-state index contributed by atoms with van der Waals surface area (Å²) >= 11 is 0. The van der Waals surface area contributed by atoms with Gasteiger partial charge in [0.1, 0.15) is 0 Å². The van der Waals surface area contributed by atoms with Gasteiger partial charge in [0.2, 0.25) is 26.7 Å². The molecule has 0 radical (unpaired) electrons. The van der Waals surface area contributed by atoms with Crippen molar-refractivity contribution < 1.29 is 98.2 Å². The first-order chi connectivity index (χ1) is 18.4. The van der Waals surface area contributed by atoms with Crippen LogP contribution in [0.15, 0.2) is 12.7 Å². The molecule has 14 heteroatoms. The van der Waals surface area contributed by atoms with E-state index in [4.69, 9.17) is 0 Å². The second kappa shape index (κ2) is 39.0. The normalized spacial score (nSPS) is 10.6. The van der Waals surface area contributed by atoms with Gasteiger partial charge < -0.3 is 14.8 Å². The first-order valence-corrected chi connectivity index (χ1v) is 17.2. The molecule has 236 valence electrons. The second-order valence-electron chi connectivity index (χ2n) is 9.43. The molecule has 41 heavy (non-hydrogen) atoms. The van der Waals surface area contributed by atoms with E-state index in [1.54, 1.807) is 0 Å². The molecule has 0 unspecified atom stereocenters. The van der Waals surface area contributed by atoms with Crippen LogP contribution in [0.2, 0.25) is 0 Å². The summed E-state index contributed by atoms with van der Waals surface area (Å²) in [4.78, 5) is 9.47. The van der Waals surface area contributed by atoms with Crippen molar-refractivity contribution in [2.45, 2.75) is 142 Å². The summed E-state index contributed by atoms with van der Waals surface area (Å²) in [6, 6.07) is 0. The van der Waals surface area contributed by atoms with Gasteiger partial charge in [-0.25, -0.2) is 16.8 Å². The van der Waals surface area contributed by atoms with Gasteiger partial charge >= 0.3 is 59.1 Å². The van der Waals surface area contributed by atoms with Crippen molar-refractivity contribution in [3.05, 3.63) is 12.7 Å². The SMILES string of the molecule is C=CC(N)=O.CCCCCCCCCCCCOS(=O)(=O)[O-].CCCCCCCCCCCCOS(=O)(=O)[O-].[Na+].[Na+]. The molecule has 0 saturated heterocycles. The summed E-state index contributed by atoms with van der Waals surface area (Å²) in [5.41, 5.74) is 4.53. The molecule has 0 aromatic rings. The molecule has 0 spiro atoms. The van der Waals surface area contributed by atoms with E-state index in [0.29, 0.717) is 12.8 Å². The zero-order chi connectivity index (χ0) is 30.3. The number of hydrogen-bond donors (Lipinski definition) is 1. The van der Waals surface area contributed by atoms with Crippen LogP contribution in [0.5, 0.6) is 0 Å². The molecule has 0 saturated carbocycles. The quantitative estimate of drug-likeness (QED) is 0.0484. The summed E-state index contributed by atoms with van der Waals surface area (Å²) in [6.07, 6.45) is 24.5. The van der Waals surface area contributed by atoms with Gasteiger partial charge in [0.25, 0.3) is 0 Å². The summed E-state index contributed by atoms with van der Waals surface area (Å²) in [7, 11) is -8.97. The number of primary amides is 1. The van der Waals surface area contributed by atoms with E-state index in [0.717, 1.165) is 31.8 Å². The fraction of sp³-hybridized carbons (Fsp3) is 0.889. The average molecular weight is 648 g/mol. The Morgan fingerprint density at radius 1 is 0.585 bits per heavy atom. The summed E-state index contributed by atoms with van der Waals surface area (Å²) < 4.78 is 68.9. The van der Waals surface area contributed by atoms with Crippen LogP contribution in [-0.2, 0) is 34.0 Å². The van der Waals surface area contributed by atoms with Gasteiger partial charge in [-0.3, -0.25) is 13.2 Å². The third-order valence-electron chi connectivity index (χ3n) is 5.65. The molecule has 1 amide bonds. The number of carbonyl (C=O) groups excluding carboxylic acids is 1. The Hall–Kier alpha value is 0.950. The van der Waals surface area contributed by atoms with Gasteiger partial charge in [-0.05, 0) is 18.9 Å². The molecule has 0 heterocycles. The second-order valence-corrected chi connectivity index (χ2v) is 11.5. The smallest absolute Gasteiger partial charge is 0.726 e.